The third-order valence-electron chi connectivity index (χ3n) is 4.02. The van der Waals surface area contributed by atoms with Gasteiger partial charge in [0, 0.05) is 29.5 Å². The van der Waals surface area contributed by atoms with Gasteiger partial charge in [-0.05, 0) is 62.6 Å². The average molecular weight is 359 g/mol. The van der Waals surface area contributed by atoms with E-state index in [-0.39, 0.29) is 6.09 Å². The van der Waals surface area contributed by atoms with Crippen LogP contribution in [0.2, 0.25) is 5.02 Å². The highest BCUT2D eigenvalue weighted by Gasteiger charge is 2.26. The van der Waals surface area contributed by atoms with Crippen molar-refractivity contribution in [1.29, 1.82) is 0 Å². The summed E-state index contributed by atoms with van der Waals surface area (Å²) in [5.41, 5.74) is 3.92. The fraction of sp³-hybridized carbons (Fsp3) is 0.350. The minimum atomic E-state index is -0.479. The van der Waals surface area contributed by atoms with Gasteiger partial charge in [0.05, 0.1) is 0 Å². The summed E-state index contributed by atoms with van der Waals surface area (Å²) in [5, 5.41) is 4.14. The van der Waals surface area contributed by atoms with Gasteiger partial charge in [0.15, 0.2) is 0 Å². The van der Waals surface area contributed by atoms with Crippen molar-refractivity contribution in [1.82, 2.24) is 4.90 Å². The molecule has 132 valence electrons. The number of anilines is 2. The lowest BCUT2D eigenvalue weighted by Crippen LogP contribution is -2.40. The van der Waals surface area contributed by atoms with Gasteiger partial charge in [-0.25, -0.2) is 4.79 Å². The molecule has 0 saturated heterocycles. The van der Waals surface area contributed by atoms with Crippen LogP contribution < -0.4 is 5.32 Å². The van der Waals surface area contributed by atoms with Crippen molar-refractivity contribution in [2.24, 2.45) is 0 Å². The quantitative estimate of drug-likeness (QED) is 0.783. The van der Waals surface area contributed by atoms with E-state index in [0.717, 1.165) is 23.4 Å². The number of rotatable bonds is 2. The number of nitrogens with zero attached hydrogens (tertiary/aromatic N) is 1. The molecule has 2 aromatic rings. The van der Waals surface area contributed by atoms with Gasteiger partial charge in [-0.1, -0.05) is 29.8 Å². The van der Waals surface area contributed by atoms with Crippen molar-refractivity contribution in [3.05, 3.63) is 58.6 Å². The van der Waals surface area contributed by atoms with Crippen LogP contribution in [0.1, 0.15) is 31.9 Å². The minimum Gasteiger partial charge on any atom is -0.444 e. The van der Waals surface area contributed by atoms with Crippen LogP contribution in [-0.2, 0) is 17.7 Å². The second-order valence-corrected chi connectivity index (χ2v) is 7.67. The van der Waals surface area contributed by atoms with Gasteiger partial charge in [0.1, 0.15) is 5.60 Å². The molecule has 0 spiro atoms. The highest BCUT2D eigenvalue weighted by molar-refractivity contribution is 6.30. The Kier molecular flexibility index (Phi) is 4.91. The first-order chi connectivity index (χ1) is 11.8. The Morgan fingerprint density at radius 2 is 1.96 bits per heavy atom. The van der Waals surface area contributed by atoms with Crippen LogP contribution in [0.25, 0.3) is 0 Å². The Labute approximate surface area is 153 Å². The molecule has 0 saturated carbocycles. The van der Waals surface area contributed by atoms with E-state index in [1.165, 1.54) is 5.56 Å². The van der Waals surface area contributed by atoms with Gasteiger partial charge >= 0.3 is 6.09 Å². The van der Waals surface area contributed by atoms with E-state index in [9.17, 15) is 4.79 Å². The first-order valence-electron chi connectivity index (χ1n) is 8.43. The number of carbonyl (C=O) groups is 1. The van der Waals surface area contributed by atoms with Crippen LogP contribution in [-0.4, -0.2) is 23.1 Å². The van der Waals surface area contributed by atoms with E-state index < -0.39 is 5.60 Å². The third kappa shape index (κ3) is 4.45. The monoisotopic (exact) mass is 358 g/mol. The summed E-state index contributed by atoms with van der Waals surface area (Å²) in [5.74, 6) is 0. The first kappa shape index (κ1) is 17.6. The molecule has 25 heavy (non-hydrogen) atoms. The van der Waals surface area contributed by atoms with Crippen molar-refractivity contribution in [3.8, 4) is 0 Å². The number of carbonyl (C=O) groups excluding carboxylic acids is 1. The maximum atomic E-state index is 12.3. The predicted octanol–water partition coefficient (Wildman–Crippen LogP) is 5.38. The molecule has 0 aliphatic carbocycles. The van der Waals surface area contributed by atoms with Crippen molar-refractivity contribution >= 4 is 29.1 Å². The van der Waals surface area contributed by atoms with Crippen LogP contribution in [0.3, 0.4) is 0 Å². The highest BCUT2D eigenvalue weighted by atomic mass is 35.5. The van der Waals surface area contributed by atoms with Gasteiger partial charge in [0.2, 0.25) is 0 Å². The van der Waals surface area contributed by atoms with E-state index in [0.29, 0.717) is 18.1 Å². The molecule has 0 atom stereocenters. The molecule has 4 nitrogen and oxygen atoms in total. The Morgan fingerprint density at radius 3 is 2.68 bits per heavy atom. The van der Waals surface area contributed by atoms with Crippen molar-refractivity contribution in [2.45, 2.75) is 39.3 Å². The lowest BCUT2D eigenvalue weighted by molar-refractivity contribution is 0.0224. The summed E-state index contributed by atoms with van der Waals surface area (Å²) >= 11 is 6.06. The molecule has 1 amide bonds. The van der Waals surface area contributed by atoms with E-state index in [1.807, 2.05) is 51.1 Å². The summed E-state index contributed by atoms with van der Waals surface area (Å²) in [6.07, 6.45) is 0.532. The molecule has 3 rings (SSSR count). The topological polar surface area (TPSA) is 41.6 Å². The van der Waals surface area contributed by atoms with Crippen LogP contribution in [0, 0.1) is 0 Å². The number of ether oxygens (including phenoxy) is 1. The number of hydrogen-bond donors (Lipinski definition) is 1. The second kappa shape index (κ2) is 6.96. The zero-order valence-electron chi connectivity index (χ0n) is 14.8. The number of amides is 1. The SMILES string of the molecule is CC(C)(C)OC(=O)N1CCc2c(cccc2Nc2cccc(Cl)c2)C1. The van der Waals surface area contributed by atoms with Gasteiger partial charge in [-0.15, -0.1) is 0 Å². The molecule has 0 radical (unpaired) electrons. The van der Waals surface area contributed by atoms with Crippen molar-refractivity contribution in [2.75, 3.05) is 11.9 Å². The molecule has 0 aromatic heterocycles. The Bertz CT molecular complexity index is 784. The van der Waals surface area contributed by atoms with Crippen LogP contribution in [0.4, 0.5) is 16.2 Å². The van der Waals surface area contributed by atoms with Gasteiger partial charge < -0.3 is 15.0 Å². The lowest BCUT2D eigenvalue weighted by atomic mass is 9.98. The van der Waals surface area contributed by atoms with Crippen molar-refractivity contribution < 1.29 is 9.53 Å². The normalized spacial score (nSPS) is 14.0. The molecule has 1 N–H and O–H groups in total. The number of halogens is 1. The number of nitrogens with one attached hydrogen (secondary N) is 1. The van der Waals surface area contributed by atoms with E-state index in [2.05, 4.69) is 17.4 Å². The first-order valence-corrected chi connectivity index (χ1v) is 8.81. The maximum absolute atomic E-state index is 12.3. The zero-order valence-corrected chi connectivity index (χ0v) is 15.6. The van der Waals surface area contributed by atoms with Crippen LogP contribution >= 0.6 is 11.6 Å². The van der Waals surface area contributed by atoms with E-state index in [1.54, 1.807) is 4.90 Å². The number of fused-ring (bicyclic) bond motifs is 1. The molecule has 5 heteroatoms. The Balaban J connectivity index is 1.77. The summed E-state index contributed by atoms with van der Waals surface area (Å²) in [4.78, 5) is 14.1. The molecule has 1 heterocycles. The molecule has 0 unspecified atom stereocenters. The maximum Gasteiger partial charge on any atom is 0.410 e. The lowest BCUT2D eigenvalue weighted by Gasteiger charge is -2.32. The average Bonchev–Trinajstić information content (AvgIpc) is 2.53. The summed E-state index contributed by atoms with van der Waals surface area (Å²) < 4.78 is 5.49. The highest BCUT2D eigenvalue weighted by Crippen LogP contribution is 2.30. The molecule has 0 fully saturated rings. The van der Waals surface area contributed by atoms with Crippen LogP contribution in [0.5, 0.6) is 0 Å². The molecule has 2 aromatic carbocycles. The molecule has 1 aliphatic rings. The van der Waals surface area contributed by atoms with Gasteiger partial charge in [-0.2, -0.15) is 0 Å². The number of benzene rings is 2. The van der Waals surface area contributed by atoms with Crippen molar-refractivity contribution in [3.63, 3.8) is 0 Å². The van der Waals surface area contributed by atoms with Gasteiger partial charge in [0.25, 0.3) is 0 Å². The molecule has 1 aliphatic heterocycles. The Hall–Kier alpha value is -2.20. The van der Waals surface area contributed by atoms with E-state index >= 15 is 0 Å². The fourth-order valence-corrected chi connectivity index (χ4v) is 3.12. The second-order valence-electron chi connectivity index (χ2n) is 7.23. The zero-order chi connectivity index (χ0) is 18.0. The molecular weight excluding hydrogens is 336 g/mol. The predicted molar refractivity (Wildman–Crippen MR) is 102 cm³/mol. The summed E-state index contributed by atoms with van der Waals surface area (Å²) in [6, 6.07) is 13.8. The van der Waals surface area contributed by atoms with Crippen LogP contribution in [0.15, 0.2) is 42.5 Å². The van der Waals surface area contributed by atoms with E-state index in [4.69, 9.17) is 16.3 Å². The third-order valence-corrected chi connectivity index (χ3v) is 4.26. The van der Waals surface area contributed by atoms with Gasteiger partial charge in [-0.3, -0.25) is 0 Å². The smallest absolute Gasteiger partial charge is 0.410 e. The summed E-state index contributed by atoms with van der Waals surface area (Å²) in [7, 11) is 0. The summed E-state index contributed by atoms with van der Waals surface area (Å²) in [6.45, 7) is 6.87. The number of hydrogen-bond acceptors (Lipinski definition) is 3. The fourth-order valence-electron chi connectivity index (χ4n) is 2.93. The standard InChI is InChI=1S/C20H23ClN2O2/c1-20(2,3)25-19(24)23-11-10-17-14(13-23)6-4-9-18(17)22-16-8-5-7-15(21)12-16/h4-9,12,22H,10-11,13H2,1-3H3. The Morgan fingerprint density at radius 1 is 1.20 bits per heavy atom. The molecule has 0 bridgehead atoms. The largest absolute Gasteiger partial charge is 0.444 e. The molecular formula is C20H23ClN2O2. The minimum absolute atomic E-state index is 0.258.